The van der Waals surface area contributed by atoms with Gasteiger partial charge in [0.2, 0.25) is 5.92 Å². The third-order valence-electron chi connectivity index (χ3n) is 4.90. The first kappa shape index (κ1) is 19.7. The van der Waals surface area contributed by atoms with Crippen LogP contribution in [-0.4, -0.2) is 43.2 Å². The first-order valence-electron chi connectivity index (χ1n) is 9.43. The van der Waals surface area contributed by atoms with Crippen LogP contribution in [0.15, 0.2) is 28.9 Å². The molecule has 0 amide bonds. The van der Waals surface area contributed by atoms with Crippen LogP contribution in [0, 0.1) is 0 Å². The molecule has 0 spiro atoms. The molecule has 2 heterocycles. The second-order valence-electron chi connectivity index (χ2n) is 7.15. The van der Waals surface area contributed by atoms with E-state index in [0.29, 0.717) is 54.1 Å². The number of halogens is 2. The van der Waals surface area contributed by atoms with Crippen molar-refractivity contribution >= 4 is 32.6 Å². The summed E-state index contributed by atoms with van der Waals surface area (Å²) in [6.07, 6.45) is 2.92. The molecule has 1 atom stereocenters. The van der Waals surface area contributed by atoms with Crippen molar-refractivity contribution < 1.29 is 18.3 Å². The lowest BCUT2D eigenvalue weighted by Crippen LogP contribution is -2.35. The van der Waals surface area contributed by atoms with Gasteiger partial charge >= 0.3 is 0 Å². The quantitative estimate of drug-likeness (QED) is 0.659. The highest BCUT2D eigenvalue weighted by molar-refractivity contribution is 7.22. The fourth-order valence-corrected chi connectivity index (χ4v) is 4.50. The van der Waals surface area contributed by atoms with E-state index in [1.807, 2.05) is 12.1 Å². The number of nitrogens with zero attached hydrogens (tertiary/aromatic N) is 2. The fraction of sp³-hybridized carbons (Fsp3) is 0.474. The number of benzene rings is 1. The summed E-state index contributed by atoms with van der Waals surface area (Å²) < 4.78 is 39.5. The molecule has 2 aliphatic rings. The average Bonchev–Trinajstić information content (AvgIpc) is 3.07. The Labute approximate surface area is 171 Å². The summed E-state index contributed by atoms with van der Waals surface area (Å²) >= 11 is 1.40. The number of anilines is 1. The smallest absolute Gasteiger partial charge is 0.250 e. The number of nitrogens with one attached hydrogen (secondary N) is 2. The largest absolute Gasteiger partial charge is 0.494 e. The van der Waals surface area contributed by atoms with Crippen LogP contribution < -0.4 is 25.8 Å². The molecule has 1 aliphatic heterocycles. The van der Waals surface area contributed by atoms with Gasteiger partial charge in [-0.15, -0.1) is 0 Å². The normalized spacial score (nSPS) is 21.1. The first-order valence-corrected chi connectivity index (χ1v) is 10.3. The van der Waals surface area contributed by atoms with E-state index in [1.165, 1.54) is 11.3 Å². The summed E-state index contributed by atoms with van der Waals surface area (Å²) in [6.45, 7) is 0.829. The minimum atomic E-state index is -2.61. The molecule has 2 aromatic rings. The maximum Gasteiger partial charge on any atom is 0.250 e. The van der Waals surface area contributed by atoms with E-state index in [1.54, 1.807) is 13.2 Å². The monoisotopic (exact) mass is 423 g/mol. The molecule has 4 rings (SSSR count). The topological polar surface area (TPSA) is 93.8 Å². The summed E-state index contributed by atoms with van der Waals surface area (Å²) in [5.41, 5.74) is 7.19. The Balaban J connectivity index is 1.49. The number of aliphatic imine (C=N–C) groups is 1. The van der Waals surface area contributed by atoms with E-state index in [2.05, 4.69) is 20.6 Å². The molecule has 29 heavy (non-hydrogen) atoms. The van der Waals surface area contributed by atoms with Gasteiger partial charge in [-0.3, -0.25) is 0 Å². The number of guanidine groups is 1. The molecule has 156 valence electrons. The summed E-state index contributed by atoms with van der Waals surface area (Å²) in [6, 6.07) is 3.36. The van der Waals surface area contributed by atoms with Crippen molar-refractivity contribution in [2.45, 2.75) is 37.6 Å². The maximum absolute atomic E-state index is 13.7. The third-order valence-corrected chi connectivity index (χ3v) is 5.84. The Kier molecular flexibility index (Phi) is 5.44. The van der Waals surface area contributed by atoms with Crippen molar-refractivity contribution in [3.63, 3.8) is 0 Å². The molecule has 1 fully saturated rings. The Bertz CT molecular complexity index is 959. The molecule has 10 heteroatoms. The van der Waals surface area contributed by atoms with Crippen LogP contribution in [0.4, 0.5) is 13.9 Å². The van der Waals surface area contributed by atoms with E-state index in [9.17, 15) is 8.78 Å². The van der Waals surface area contributed by atoms with Crippen molar-refractivity contribution in [3.05, 3.63) is 23.9 Å². The molecule has 0 radical (unpaired) electrons. The molecule has 0 bridgehead atoms. The van der Waals surface area contributed by atoms with E-state index >= 15 is 0 Å². The predicted octanol–water partition coefficient (Wildman–Crippen LogP) is 3.48. The van der Waals surface area contributed by atoms with Crippen LogP contribution in [0.25, 0.3) is 10.2 Å². The lowest BCUT2D eigenvalue weighted by molar-refractivity contribution is -0.0373. The lowest BCUT2D eigenvalue weighted by Gasteiger charge is -2.29. The summed E-state index contributed by atoms with van der Waals surface area (Å²) in [5.74, 6) is -1.05. The van der Waals surface area contributed by atoms with Gasteiger partial charge in [0.05, 0.1) is 24.1 Å². The summed E-state index contributed by atoms with van der Waals surface area (Å²) in [7, 11) is 1.56. The van der Waals surface area contributed by atoms with Gasteiger partial charge < -0.3 is 25.8 Å². The van der Waals surface area contributed by atoms with Crippen molar-refractivity contribution in [2.75, 3.05) is 25.6 Å². The van der Waals surface area contributed by atoms with Gasteiger partial charge in [0.1, 0.15) is 23.6 Å². The highest BCUT2D eigenvalue weighted by Gasteiger charge is 2.36. The second kappa shape index (κ2) is 8.02. The highest BCUT2D eigenvalue weighted by Crippen LogP contribution is 2.39. The minimum Gasteiger partial charge on any atom is -0.494 e. The second-order valence-corrected chi connectivity index (χ2v) is 8.18. The van der Waals surface area contributed by atoms with Crippen LogP contribution in [0.1, 0.15) is 25.7 Å². The molecule has 1 aliphatic carbocycles. The van der Waals surface area contributed by atoms with Crippen LogP contribution in [-0.2, 0) is 0 Å². The first-order chi connectivity index (χ1) is 13.9. The lowest BCUT2D eigenvalue weighted by atomic mass is 9.92. The van der Waals surface area contributed by atoms with Crippen molar-refractivity contribution in [1.29, 1.82) is 0 Å². The van der Waals surface area contributed by atoms with E-state index in [-0.39, 0.29) is 18.9 Å². The molecule has 1 saturated carbocycles. The molecular formula is C19H23F2N5O2S. The van der Waals surface area contributed by atoms with Gasteiger partial charge in [0.25, 0.3) is 0 Å². The minimum absolute atomic E-state index is 0.0393. The number of fused-ring (bicyclic) bond motifs is 1. The van der Waals surface area contributed by atoms with Gasteiger partial charge in [-0.1, -0.05) is 11.3 Å². The zero-order chi connectivity index (χ0) is 20.4. The van der Waals surface area contributed by atoms with E-state index in [4.69, 9.17) is 15.2 Å². The molecule has 1 aromatic heterocycles. The van der Waals surface area contributed by atoms with Gasteiger partial charge in [-0.2, -0.15) is 0 Å². The molecule has 4 N–H and O–H groups in total. The third kappa shape index (κ3) is 4.69. The number of thiazole rings is 1. The Morgan fingerprint density at radius 2 is 2.28 bits per heavy atom. The highest BCUT2D eigenvalue weighted by atomic mass is 32.1. The number of rotatable bonds is 6. The SMILES string of the molecule is COc1cc(OCC2=CCN=C(N)N2)cc2sc(NC3CCCC(F)(F)C3)nc12. The van der Waals surface area contributed by atoms with Crippen LogP contribution in [0.3, 0.4) is 0 Å². The van der Waals surface area contributed by atoms with Crippen molar-refractivity contribution in [2.24, 2.45) is 10.7 Å². The Morgan fingerprint density at radius 3 is 3.03 bits per heavy atom. The molecule has 1 aromatic carbocycles. The van der Waals surface area contributed by atoms with Crippen molar-refractivity contribution in [3.8, 4) is 11.5 Å². The van der Waals surface area contributed by atoms with Crippen molar-refractivity contribution in [1.82, 2.24) is 10.3 Å². The predicted molar refractivity (Wildman–Crippen MR) is 110 cm³/mol. The zero-order valence-electron chi connectivity index (χ0n) is 16.0. The summed E-state index contributed by atoms with van der Waals surface area (Å²) in [5, 5.41) is 6.74. The number of hydrogen-bond donors (Lipinski definition) is 3. The van der Waals surface area contributed by atoms with Gasteiger partial charge in [-0.25, -0.2) is 18.8 Å². The number of alkyl halides is 2. The number of aromatic nitrogens is 1. The van der Waals surface area contributed by atoms with Gasteiger partial charge in [-0.05, 0) is 25.0 Å². The summed E-state index contributed by atoms with van der Waals surface area (Å²) in [4.78, 5) is 8.59. The Morgan fingerprint density at radius 1 is 1.41 bits per heavy atom. The zero-order valence-corrected chi connectivity index (χ0v) is 16.8. The number of nitrogens with two attached hydrogens (primary N) is 1. The molecule has 1 unspecified atom stereocenters. The number of hydrogen-bond acceptors (Lipinski definition) is 8. The Hall–Kier alpha value is -2.62. The standard InChI is InChI=1S/C19H23F2N5O2S/c1-27-14-7-13(28-10-12-4-6-23-17(22)24-12)8-15-16(14)26-18(29-15)25-11-3-2-5-19(20,21)9-11/h4,7-8,11H,2-3,5-6,9-10H2,1H3,(H,25,26)(H3,22,23,24). The molecular weight excluding hydrogens is 400 g/mol. The van der Waals surface area contributed by atoms with Crippen LogP contribution in [0.5, 0.6) is 11.5 Å². The van der Waals surface area contributed by atoms with Gasteiger partial charge in [0.15, 0.2) is 11.1 Å². The average molecular weight is 423 g/mol. The maximum atomic E-state index is 13.7. The van der Waals surface area contributed by atoms with Crippen LogP contribution in [0.2, 0.25) is 0 Å². The number of ether oxygens (including phenoxy) is 2. The fourth-order valence-electron chi connectivity index (χ4n) is 3.51. The van der Waals surface area contributed by atoms with E-state index in [0.717, 1.165) is 10.4 Å². The molecule has 0 saturated heterocycles. The number of methoxy groups -OCH3 is 1. The molecule has 7 nitrogen and oxygen atoms in total. The van der Waals surface area contributed by atoms with Gasteiger partial charge in [0, 0.05) is 24.9 Å². The van der Waals surface area contributed by atoms with E-state index < -0.39 is 5.92 Å². The van der Waals surface area contributed by atoms with Crippen LogP contribution >= 0.6 is 11.3 Å².